The molecule has 0 fully saturated rings. The number of aryl methyl sites for hydroxylation is 2. The minimum absolute atomic E-state index is 0.383. The molecule has 0 aliphatic rings. The van der Waals surface area contributed by atoms with Crippen molar-refractivity contribution in [3.05, 3.63) is 53.1 Å². The molecule has 0 heterocycles. The van der Waals surface area contributed by atoms with Gasteiger partial charge in [0, 0.05) is 10.5 Å². The van der Waals surface area contributed by atoms with Gasteiger partial charge in [0.15, 0.2) is 0 Å². The third kappa shape index (κ3) is 7.43. The molecular weight excluding hydrogens is 328 g/mol. The van der Waals surface area contributed by atoms with Crippen molar-refractivity contribution in [1.29, 1.82) is 0 Å². The molecule has 0 radical (unpaired) electrons. The Morgan fingerprint density at radius 1 is 0.840 bits per heavy atom. The zero-order chi connectivity index (χ0) is 19.4. The van der Waals surface area contributed by atoms with Crippen LogP contribution >= 0.6 is 12.0 Å². The lowest BCUT2D eigenvalue weighted by Crippen LogP contribution is -1.97. The summed E-state index contributed by atoms with van der Waals surface area (Å²) in [6.45, 7) is 16.4. The monoisotopic (exact) mass is 362 g/mol. The lowest BCUT2D eigenvalue weighted by Gasteiger charge is -2.16. The van der Waals surface area contributed by atoms with E-state index in [4.69, 9.17) is 8.92 Å². The van der Waals surface area contributed by atoms with Gasteiger partial charge in [0.2, 0.25) is 0 Å². The molecule has 2 nitrogen and oxygen atoms in total. The first kappa shape index (κ1) is 23.4. The van der Waals surface area contributed by atoms with E-state index in [-0.39, 0.29) is 0 Å². The molecule has 2 aromatic rings. The predicted molar refractivity (Wildman–Crippen MR) is 112 cm³/mol. The lowest BCUT2D eigenvalue weighted by atomic mass is 10.00. The summed E-state index contributed by atoms with van der Waals surface area (Å²) in [7, 11) is 1.70. The molecule has 0 aliphatic heterocycles. The van der Waals surface area contributed by atoms with Crippen LogP contribution in [0.1, 0.15) is 64.2 Å². The molecule has 2 rings (SSSR count). The molecule has 3 heteroatoms. The first-order chi connectivity index (χ1) is 12.0. The van der Waals surface area contributed by atoms with Crippen LogP contribution in [-0.2, 0) is 0 Å². The summed E-state index contributed by atoms with van der Waals surface area (Å²) < 4.78 is 11.4. The molecule has 2 aromatic carbocycles. The number of ether oxygens (including phenoxy) is 1. The maximum Gasteiger partial charge on any atom is 0.141 e. The van der Waals surface area contributed by atoms with Gasteiger partial charge < -0.3 is 8.92 Å². The summed E-state index contributed by atoms with van der Waals surface area (Å²) in [5, 5.41) is 0. The molecule has 25 heavy (non-hydrogen) atoms. The van der Waals surface area contributed by atoms with E-state index in [2.05, 4.69) is 57.2 Å². The van der Waals surface area contributed by atoms with Crippen LogP contribution in [0.25, 0.3) is 0 Å². The van der Waals surface area contributed by atoms with E-state index in [9.17, 15) is 0 Å². The maximum absolute atomic E-state index is 5.97. The Kier molecular flexibility index (Phi) is 11.9. The van der Waals surface area contributed by atoms with Gasteiger partial charge >= 0.3 is 0 Å². The molecule has 0 aromatic heterocycles. The van der Waals surface area contributed by atoms with Gasteiger partial charge in [-0.15, -0.1) is 0 Å². The summed E-state index contributed by atoms with van der Waals surface area (Å²) in [5.74, 6) is 2.20. The molecule has 0 unspecified atom stereocenters. The van der Waals surface area contributed by atoms with Gasteiger partial charge in [-0.05, 0) is 49.6 Å². The fraction of sp³-hybridized carbons (Fsp3) is 0.455. The van der Waals surface area contributed by atoms with E-state index in [1.54, 1.807) is 7.11 Å². The van der Waals surface area contributed by atoms with E-state index in [1.807, 2.05) is 34.6 Å². The Labute approximate surface area is 159 Å². The van der Waals surface area contributed by atoms with Gasteiger partial charge in [-0.25, -0.2) is 0 Å². The number of methoxy groups -OCH3 is 1. The van der Waals surface area contributed by atoms with E-state index in [1.165, 1.54) is 17.6 Å². The minimum atomic E-state index is 0.383. The van der Waals surface area contributed by atoms with Crippen molar-refractivity contribution in [3.63, 3.8) is 0 Å². The topological polar surface area (TPSA) is 18.5 Å². The van der Waals surface area contributed by atoms with Gasteiger partial charge in [-0.3, -0.25) is 0 Å². The summed E-state index contributed by atoms with van der Waals surface area (Å²) >= 11 is 1.40. The highest BCUT2D eigenvalue weighted by atomic mass is 32.2. The van der Waals surface area contributed by atoms with Crippen LogP contribution in [0.4, 0.5) is 0 Å². The highest BCUT2D eigenvalue weighted by Gasteiger charge is 2.13. The van der Waals surface area contributed by atoms with Crippen molar-refractivity contribution in [2.45, 2.75) is 66.2 Å². The van der Waals surface area contributed by atoms with Gasteiger partial charge in [0.25, 0.3) is 0 Å². The van der Waals surface area contributed by atoms with Crippen molar-refractivity contribution in [2.75, 3.05) is 7.11 Å². The molecule has 0 bridgehead atoms. The van der Waals surface area contributed by atoms with Gasteiger partial charge in [0.05, 0.1) is 19.2 Å². The smallest absolute Gasteiger partial charge is 0.141 e. The zero-order valence-electron chi connectivity index (χ0n) is 17.3. The van der Waals surface area contributed by atoms with E-state index in [0.717, 1.165) is 27.5 Å². The summed E-state index contributed by atoms with van der Waals surface area (Å²) in [4.78, 5) is 1.10. The summed E-state index contributed by atoms with van der Waals surface area (Å²) in [6.07, 6.45) is 0. The molecular formula is C22H34O2S. The van der Waals surface area contributed by atoms with E-state index >= 15 is 0 Å². The molecule has 0 N–H and O–H groups in total. The van der Waals surface area contributed by atoms with Crippen molar-refractivity contribution < 1.29 is 8.92 Å². The fourth-order valence-corrected chi connectivity index (χ4v) is 2.68. The number of hydrogen-bond donors (Lipinski definition) is 0. The molecule has 0 atom stereocenters. The second-order valence-electron chi connectivity index (χ2n) is 5.49. The second-order valence-corrected chi connectivity index (χ2v) is 6.30. The Hall–Kier alpha value is -1.61. The van der Waals surface area contributed by atoms with Crippen LogP contribution in [0.2, 0.25) is 0 Å². The second kappa shape index (κ2) is 12.7. The maximum atomic E-state index is 5.97. The first-order valence-corrected chi connectivity index (χ1v) is 9.85. The Balaban J connectivity index is 0.00000134. The van der Waals surface area contributed by atoms with Crippen LogP contribution in [0.15, 0.2) is 41.3 Å². The van der Waals surface area contributed by atoms with Crippen molar-refractivity contribution in [3.8, 4) is 11.5 Å². The number of hydrogen-bond acceptors (Lipinski definition) is 3. The first-order valence-electron chi connectivity index (χ1n) is 9.11. The standard InChI is InChI=1S/C18H22O2S.2C2H6/c1-12(2)16-11-17(19-5)14(4)10-18(16)20-21-15-8-6-13(3)7-9-15;2*1-2/h6-12H,1-5H3;2*1-2H3. The number of rotatable bonds is 5. The Bertz CT molecular complexity index is 604. The highest BCUT2D eigenvalue weighted by molar-refractivity contribution is 7.95. The van der Waals surface area contributed by atoms with Crippen molar-refractivity contribution in [2.24, 2.45) is 0 Å². The normalized spacial score (nSPS) is 9.52. The largest absolute Gasteiger partial charge is 0.496 e. The minimum Gasteiger partial charge on any atom is -0.496 e. The molecule has 0 saturated heterocycles. The third-order valence-corrected chi connectivity index (χ3v) is 4.13. The van der Waals surface area contributed by atoms with Crippen molar-refractivity contribution in [1.82, 2.24) is 0 Å². The average molecular weight is 363 g/mol. The lowest BCUT2D eigenvalue weighted by molar-refractivity contribution is 0.410. The van der Waals surface area contributed by atoms with Gasteiger partial charge in [-0.1, -0.05) is 59.2 Å². The van der Waals surface area contributed by atoms with Gasteiger partial charge in [-0.2, -0.15) is 0 Å². The molecule has 0 amide bonds. The molecule has 0 aliphatic carbocycles. The van der Waals surface area contributed by atoms with Crippen LogP contribution in [0.3, 0.4) is 0 Å². The van der Waals surface area contributed by atoms with E-state index in [0.29, 0.717) is 5.92 Å². The molecule has 140 valence electrons. The van der Waals surface area contributed by atoms with E-state index < -0.39 is 0 Å². The van der Waals surface area contributed by atoms with Crippen LogP contribution in [0, 0.1) is 13.8 Å². The van der Waals surface area contributed by atoms with Crippen LogP contribution in [-0.4, -0.2) is 7.11 Å². The Morgan fingerprint density at radius 2 is 1.40 bits per heavy atom. The number of benzene rings is 2. The molecule has 0 spiro atoms. The summed E-state index contributed by atoms with van der Waals surface area (Å²) in [5.41, 5.74) is 3.50. The zero-order valence-corrected chi connectivity index (χ0v) is 18.1. The predicted octanol–water partition coefficient (Wildman–Crippen LogP) is 7.57. The van der Waals surface area contributed by atoms with Crippen molar-refractivity contribution >= 4 is 12.0 Å². The SMILES string of the molecule is CC.CC.COc1cc(C(C)C)c(OSc2ccc(C)cc2)cc1C. The Morgan fingerprint density at radius 3 is 1.88 bits per heavy atom. The molecule has 0 saturated carbocycles. The highest BCUT2D eigenvalue weighted by Crippen LogP contribution is 2.36. The van der Waals surface area contributed by atoms with Gasteiger partial charge in [0.1, 0.15) is 11.5 Å². The van der Waals surface area contributed by atoms with Crippen LogP contribution < -0.4 is 8.92 Å². The third-order valence-electron chi connectivity index (χ3n) is 3.40. The average Bonchev–Trinajstić information content (AvgIpc) is 2.64. The quantitative estimate of drug-likeness (QED) is 0.511. The fourth-order valence-electron chi connectivity index (χ4n) is 2.11. The van der Waals surface area contributed by atoms with Crippen LogP contribution in [0.5, 0.6) is 11.5 Å². The summed E-state index contributed by atoms with van der Waals surface area (Å²) in [6, 6.07) is 12.5.